The van der Waals surface area contributed by atoms with Gasteiger partial charge in [-0.1, -0.05) is 49.3 Å². The lowest BCUT2D eigenvalue weighted by Gasteiger charge is -1.97. The Labute approximate surface area is 88.4 Å². The molecule has 0 heterocycles. The first-order chi connectivity index (χ1) is 7.00. The summed E-state index contributed by atoms with van der Waals surface area (Å²) >= 11 is 0. The minimum atomic E-state index is 1.10. The first kappa shape index (κ1) is 11.3. The van der Waals surface area contributed by atoms with E-state index in [4.69, 9.17) is 0 Å². The van der Waals surface area contributed by atoms with Crippen LogP contribution in [0.5, 0.6) is 0 Å². The summed E-state index contributed by atoms with van der Waals surface area (Å²) in [6.07, 6.45) is 24.0. The molecule has 0 unspecified atom stereocenters. The lowest BCUT2D eigenvalue weighted by molar-refractivity contribution is 0.651. The maximum Gasteiger partial charge on any atom is -0.0169 e. The Hall–Kier alpha value is -0.780. The maximum atomic E-state index is 2.33. The van der Waals surface area contributed by atoms with Gasteiger partial charge in [0.25, 0.3) is 0 Å². The van der Waals surface area contributed by atoms with Crippen LogP contribution in [0.2, 0.25) is 0 Å². The Bertz CT molecular complexity index is 174. The van der Waals surface area contributed by atoms with Gasteiger partial charge in [-0.15, -0.1) is 0 Å². The average Bonchev–Trinajstić information content (AvgIpc) is 2.22. The van der Waals surface area contributed by atoms with Crippen molar-refractivity contribution in [3.05, 3.63) is 36.5 Å². The molecule has 0 heteroatoms. The van der Waals surface area contributed by atoms with E-state index in [1.807, 2.05) is 0 Å². The fourth-order valence-corrected chi connectivity index (χ4v) is 1.66. The zero-order valence-electron chi connectivity index (χ0n) is 9.12. The largest absolute Gasteiger partial charge is 0.0882 e. The zero-order chi connectivity index (χ0) is 9.90. The molecule has 0 aromatic heterocycles. The Kier molecular flexibility index (Phi) is 7.10. The van der Waals surface area contributed by atoms with Gasteiger partial charge in [-0.2, -0.15) is 0 Å². The molecule has 0 N–H and O–H groups in total. The van der Waals surface area contributed by atoms with Crippen LogP contribution in [0.3, 0.4) is 0 Å². The number of allylic oxidation sites excluding steroid dienone is 6. The first-order valence-corrected chi connectivity index (χ1v) is 5.95. The van der Waals surface area contributed by atoms with Crippen molar-refractivity contribution >= 4 is 0 Å². The molecule has 0 aromatic carbocycles. The van der Waals surface area contributed by atoms with E-state index in [1.54, 1.807) is 0 Å². The molecular formula is C14H22. The van der Waals surface area contributed by atoms with Crippen LogP contribution in [0, 0.1) is 0 Å². The SMILES string of the molecule is C1=C\C/C=C\CCCCCC/C=C\C/1. The quantitative estimate of drug-likeness (QED) is 0.482. The molecule has 14 heavy (non-hydrogen) atoms. The van der Waals surface area contributed by atoms with Crippen LogP contribution in [-0.2, 0) is 0 Å². The minimum absolute atomic E-state index is 1.10. The van der Waals surface area contributed by atoms with Crippen LogP contribution in [0.25, 0.3) is 0 Å². The zero-order valence-corrected chi connectivity index (χ0v) is 9.12. The number of hydrogen-bond donors (Lipinski definition) is 0. The summed E-state index contributed by atoms with van der Waals surface area (Å²) in [6.45, 7) is 0. The van der Waals surface area contributed by atoms with E-state index in [2.05, 4.69) is 36.5 Å². The van der Waals surface area contributed by atoms with Gasteiger partial charge >= 0.3 is 0 Å². The van der Waals surface area contributed by atoms with Gasteiger partial charge in [0.2, 0.25) is 0 Å². The molecule has 1 aliphatic rings. The molecular weight excluding hydrogens is 168 g/mol. The molecule has 1 aliphatic carbocycles. The van der Waals surface area contributed by atoms with Gasteiger partial charge in [-0.25, -0.2) is 0 Å². The van der Waals surface area contributed by atoms with Crippen molar-refractivity contribution in [2.24, 2.45) is 0 Å². The molecule has 0 fully saturated rings. The van der Waals surface area contributed by atoms with Crippen LogP contribution in [0.4, 0.5) is 0 Å². The van der Waals surface area contributed by atoms with Gasteiger partial charge in [-0.05, 0) is 38.5 Å². The topological polar surface area (TPSA) is 0 Å². The highest BCUT2D eigenvalue weighted by Gasteiger charge is 1.87. The summed E-state index contributed by atoms with van der Waals surface area (Å²) in [5.74, 6) is 0. The van der Waals surface area contributed by atoms with Crippen LogP contribution >= 0.6 is 0 Å². The van der Waals surface area contributed by atoms with E-state index >= 15 is 0 Å². The second-order valence-electron chi connectivity index (χ2n) is 3.88. The lowest BCUT2D eigenvalue weighted by Crippen LogP contribution is -1.77. The van der Waals surface area contributed by atoms with E-state index in [9.17, 15) is 0 Å². The Balaban J connectivity index is 2.26. The van der Waals surface area contributed by atoms with Crippen molar-refractivity contribution in [2.75, 3.05) is 0 Å². The Morgan fingerprint density at radius 1 is 0.429 bits per heavy atom. The molecule has 0 spiro atoms. The molecule has 0 amide bonds. The minimum Gasteiger partial charge on any atom is -0.0882 e. The van der Waals surface area contributed by atoms with Gasteiger partial charge in [0, 0.05) is 0 Å². The predicted octanol–water partition coefficient (Wildman–Crippen LogP) is 4.79. The van der Waals surface area contributed by atoms with Crippen molar-refractivity contribution in [3.63, 3.8) is 0 Å². The van der Waals surface area contributed by atoms with Gasteiger partial charge in [0.05, 0.1) is 0 Å². The van der Waals surface area contributed by atoms with E-state index in [1.165, 1.54) is 38.5 Å². The molecule has 1 rings (SSSR count). The Morgan fingerprint density at radius 2 is 0.857 bits per heavy atom. The first-order valence-electron chi connectivity index (χ1n) is 5.95. The van der Waals surface area contributed by atoms with E-state index in [-0.39, 0.29) is 0 Å². The lowest BCUT2D eigenvalue weighted by atomic mass is 10.1. The summed E-state index contributed by atoms with van der Waals surface area (Å²) in [6, 6.07) is 0. The van der Waals surface area contributed by atoms with Crippen molar-refractivity contribution in [1.29, 1.82) is 0 Å². The monoisotopic (exact) mass is 190 g/mol. The van der Waals surface area contributed by atoms with Gasteiger partial charge in [-0.3, -0.25) is 0 Å². The molecule has 0 aromatic rings. The van der Waals surface area contributed by atoms with E-state index in [0.717, 1.165) is 12.8 Å². The third-order valence-corrected chi connectivity index (χ3v) is 2.54. The van der Waals surface area contributed by atoms with Crippen LogP contribution in [-0.4, -0.2) is 0 Å². The molecule has 0 aliphatic heterocycles. The van der Waals surface area contributed by atoms with Crippen LogP contribution in [0.1, 0.15) is 51.4 Å². The molecule has 0 bridgehead atoms. The average molecular weight is 190 g/mol. The molecule has 0 atom stereocenters. The number of hydrogen-bond acceptors (Lipinski definition) is 0. The normalized spacial score (nSPS) is 27.4. The highest BCUT2D eigenvalue weighted by Crippen LogP contribution is 2.07. The summed E-state index contributed by atoms with van der Waals surface area (Å²) < 4.78 is 0. The van der Waals surface area contributed by atoms with Crippen LogP contribution in [0.15, 0.2) is 36.5 Å². The highest BCUT2D eigenvalue weighted by atomic mass is 13.9. The van der Waals surface area contributed by atoms with Gasteiger partial charge < -0.3 is 0 Å². The molecule has 0 nitrogen and oxygen atoms in total. The van der Waals surface area contributed by atoms with Crippen molar-refractivity contribution < 1.29 is 0 Å². The third-order valence-electron chi connectivity index (χ3n) is 2.54. The standard InChI is InChI=1S/C14H22/c1-2-4-6-8-10-12-14-13-11-9-7-5-3-1/h1-2,5-8H,3-4,9-14H2/b2-1-,7-5-,8-6-. The Morgan fingerprint density at radius 3 is 1.36 bits per heavy atom. The fourth-order valence-electron chi connectivity index (χ4n) is 1.66. The second kappa shape index (κ2) is 8.80. The van der Waals surface area contributed by atoms with E-state index < -0.39 is 0 Å². The smallest absolute Gasteiger partial charge is 0.0169 e. The third kappa shape index (κ3) is 6.71. The second-order valence-corrected chi connectivity index (χ2v) is 3.88. The van der Waals surface area contributed by atoms with Crippen molar-refractivity contribution in [2.45, 2.75) is 51.4 Å². The fraction of sp³-hybridized carbons (Fsp3) is 0.571. The summed E-state index contributed by atoms with van der Waals surface area (Å²) in [5.41, 5.74) is 0. The van der Waals surface area contributed by atoms with Gasteiger partial charge in [0.1, 0.15) is 0 Å². The molecule has 0 radical (unpaired) electrons. The molecule has 0 saturated carbocycles. The van der Waals surface area contributed by atoms with Crippen LogP contribution < -0.4 is 0 Å². The van der Waals surface area contributed by atoms with Gasteiger partial charge in [0.15, 0.2) is 0 Å². The van der Waals surface area contributed by atoms with Crippen molar-refractivity contribution in [1.82, 2.24) is 0 Å². The number of rotatable bonds is 0. The summed E-state index contributed by atoms with van der Waals surface area (Å²) in [7, 11) is 0. The summed E-state index contributed by atoms with van der Waals surface area (Å²) in [5, 5.41) is 0. The molecule has 78 valence electrons. The summed E-state index contributed by atoms with van der Waals surface area (Å²) in [4.78, 5) is 0. The maximum absolute atomic E-state index is 2.33. The van der Waals surface area contributed by atoms with E-state index in [0.29, 0.717) is 0 Å². The molecule has 0 saturated heterocycles. The predicted molar refractivity (Wildman–Crippen MR) is 64.4 cm³/mol. The highest BCUT2D eigenvalue weighted by molar-refractivity contribution is 4.97. The van der Waals surface area contributed by atoms with Crippen molar-refractivity contribution in [3.8, 4) is 0 Å².